The minimum absolute atomic E-state index is 0.0719. The maximum absolute atomic E-state index is 12.8. The van der Waals surface area contributed by atoms with Gasteiger partial charge < -0.3 is 19.9 Å². The van der Waals surface area contributed by atoms with Gasteiger partial charge in [-0.1, -0.05) is 18.2 Å². The SMILES string of the molecule is CCN(CC(=O)Nc1c(C)cccc1C)c1ncnc(N2CC(C)OC(C)C2)c1[N+](=O)[O-]. The summed E-state index contributed by atoms with van der Waals surface area (Å²) in [7, 11) is 0. The first-order valence-electron chi connectivity index (χ1n) is 10.7. The topological polar surface area (TPSA) is 114 Å². The first-order chi connectivity index (χ1) is 15.2. The standard InChI is InChI=1S/C22H30N6O4/c1-6-26(12-18(29)25-19-14(2)8-7-9-15(19)3)21-20(28(30)31)22(24-13-23-21)27-10-16(4)32-17(5)11-27/h7-9,13,16-17H,6,10-12H2,1-5H3,(H,25,29). The second kappa shape index (κ2) is 9.90. The molecule has 2 unspecified atom stereocenters. The summed E-state index contributed by atoms with van der Waals surface area (Å²) in [6, 6.07) is 5.77. The summed E-state index contributed by atoms with van der Waals surface area (Å²) in [4.78, 5) is 36.3. The predicted octanol–water partition coefficient (Wildman–Crippen LogP) is 3.08. The molecule has 0 spiro atoms. The molecular weight excluding hydrogens is 412 g/mol. The van der Waals surface area contributed by atoms with Crippen molar-refractivity contribution in [2.24, 2.45) is 0 Å². The number of carbonyl (C=O) groups is 1. The van der Waals surface area contributed by atoms with E-state index in [1.807, 2.05) is 57.7 Å². The number of nitro groups is 1. The molecule has 1 amide bonds. The molecule has 32 heavy (non-hydrogen) atoms. The van der Waals surface area contributed by atoms with Gasteiger partial charge in [0.2, 0.25) is 17.5 Å². The Balaban J connectivity index is 1.89. The van der Waals surface area contributed by atoms with Gasteiger partial charge in [-0.2, -0.15) is 0 Å². The van der Waals surface area contributed by atoms with Crippen LogP contribution in [0.1, 0.15) is 31.9 Å². The molecule has 1 aromatic carbocycles. The van der Waals surface area contributed by atoms with Gasteiger partial charge in [-0.25, -0.2) is 9.97 Å². The van der Waals surface area contributed by atoms with E-state index in [0.29, 0.717) is 19.6 Å². The van der Waals surface area contributed by atoms with E-state index in [4.69, 9.17) is 4.74 Å². The number of likely N-dealkylation sites (N-methyl/N-ethyl adjacent to an activating group) is 1. The number of ether oxygens (including phenoxy) is 1. The van der Waals surface area contributed by atoms with Crippen LogP contribution >= 0.6 is 0 Å². The Morgan fingerprint density at radius 3 is 2.44 bits per heavy atom. The summed E-state index contributed by atoms with van der Waals surface area (Å²) in [6.07, 6.45) is 1.15. The summed E-state index contributed by atoms with van der Waals surface area (Å²) < 4.78 is 5.75. The zero-order valence-electron chi connectivity index (χ0n) is 19.2. The van der Waals surface area contributed by atoms with Crippen molar-refractivity contribution in [3.05, 3.63) is 45.8 Å². The number of nitrogens with zero attached hydrogens (tertiary/aromatic N) is 5. The van der Waals surface area contributed by atoms with Crippen LogP contribution < -0.4 is 15.1 Å². The van der Waals surface area contributed by atoms with Crippen molar-refractivity contribution in [3.63, 3.8) is 0 Å². The van der Waals surface area contributed by atoms with E-state index < -0.39 is 4.92 Å². The number of rotatable bonds is 7. The van der Waals surface area contributed by atoms with Gasteiger partial charge >= 0.3 is 5.69 Å². The molecule has 0 saturated carbocycles. The zero-order chi connectivity index (χ0) is 23.4. The second-order valence-corrected chi connectivity index (χ2v) is 8.12. The molecule has 0 radical (unpaired) electrons. The number of nitrogens with one attached hydrogen (secondary N) is 1. The first kappa shape index (κ1) is 23.4. The summed E-state index contributed by atoms with van der Waals surface area (Å²) in [5, 5.41) is 15.0. The van der Waals surface area contributed by atoms with Crippen LogP contribution in [0.5, 0.6) is 0 Å². The van der Waals surface area contributed by atoms with Gasteiger partial charge in [-0.15, -0.1) is 0 Å². The van der Waals surface area contributed by atoms with Crippen molar-refractivity contribution in [1.29, 1.82) is 0 Å². The van der Waals surface area contributed by atoms with Gasteiger partial charge in [-0.3, -0.25) is 14.9 Å². The molecule has 2 atom stereocenters. The predicted molar refractivity (Wildman–Crippen MR) is 123 cm³/mol. The van der Waals surface area contributed by atoms with Crippen LogP contribution in [0.15, 0.2) is 24.5 Å². The number of morpholine rings is 1. The number of benzene rings is 1. The van der Waals surface area contributed by atoms with Crippen molar-refractivity contribution in [3.8, 4) is 0 Å². The van der Waals surface area contributed by atoms with E-state index >= 15 is 0 Å². The third-order valence-corrected chi connectivity index (χ3v) is 5.45. The molecule has 1 saturated heterocycles. The molecule has 3 rings (SSSR count). The lowest BCUT2D eigenvalue weighted by Crippen LogP contribution is -2.46. The molecule has 2 aromatic rings. The number of hydrogen-bond acceptors (Lipinski definition) is 8. The number of para-hydroxylation sites is 1. The number of anilines is 3. The Kier molecular flexibility index (Phi) is 7.24. The highest BCUT2D eigenvalue weighted by atomic mass is 16.6. The van der Waals surface area contributed by atoms with E-state index in [9.17, 15) is 14.9 Å². The smallest absolute Gasteiger partial charge is 0.353 e. The molecule has 0 bridgehead atoms. The zero-order valence-corrected chi connectivity index (χ0v) is 19.2. The number of aryl methyl sites for hydroxylation is 2. The van der Waals surface area contributed by atoms with Crippen LogP contribution in [0.3, 0.4) is 0 Å². The van der Waals surface area contributed by atoms with E-state index in [0.717, 1.165) is 16.8 Å². The average molecular weight is 443 g/mol. The van der Waals surface area contributed by atoms with Crippen LogP contribution in [0, 0.1) is 24.0 Å². The fraction of sp³-hybridized carbons (Fsp3) is 0.500. The fourth-order valence-electron chi connectivity index (χ4n) is 4.04. The van der Waals surface area contributed by atoms with Crippen molar-refractivity contribution < 1.29 is 14.5 Å². The maximum atomic E-state index is 12.8. The van der Waals surface area contributed by atoms with Crippen LogP contribution in [0.2, 0.25) is 0 Å². The average Bonchev–Trinajstić information content (AvgIpc) is 2.73. The molecule has 2 heterocycles. The fourth-order valence-corrected chi connectivity index (χ4v) is 4.04. The highest BCUT2D eigenvalue weighted by Crippen LogP contribution is 2.35. The van der Waals surface area contributed by atoms with Gasteiger partial charge in [-0.05, 0) is 45.7 Å². The van der Waals surface area contributed by atoms with Crippen LogP contribution in [0.25, 0.3) is 0 Å². The van der Waals surface area contributed by atoms with E-state index in [1.54, 1.807) is 4.90 Å². The molecule has 1 fully saturated rings. The Bertz CT molecular complexity index is 968. The highest BCUT2D eigenvalue weighted by Gasteiger charge is 2.33. The summed E-state index contributed by atoms with van der Waals surface area (Å²) in [5.74, 6) is 0.105. The normalized spacial score (nSPS) is 18.3. The summed E-state index contributed by atoms with van der Waals surface area (Å²) in [5.41, 5.74) is 2.46. The minimum Gasteiger partial charge on any atom is -0.372 e. The Morgan fingerprint density at radius 1 is 1.25 bits per heavy atom. The second-order valence-electron chi connectivity index (χ2n) is 8.12. The Morgan fingerprint density at radius 2 is 1.88 bits per heavy atom. The molecule has 172 valence electrons. The van der Waals surface area contributed by atoms with Crippen molar-refractivity contribution in [1.82, 2.24) is 9.97 Å². The van der Waals surface area contributed by atoms with Crippen LogP contribution in [-0.4, -0.2) is 59.2 Å². The minimum atomic E-state index is -0.471. The third kappa shape index (κ3) is 5.13. The number of amides is 1. The van der Waals surface area contributed by atoms with Crippen molar-refractivity contribution >= 4 is 28.9 Å². The molecule has 1 aliphatic rings. The number of hydrogen-bond donors (Lipinski definition) is 1. The largest absolute Gasteiger partial charge is 0.372 e. The molecule has 10 heteroatoms. The monoisotopic (exact) mass is 442 g/mol. The quantitative estimate of drug-likeness (QED) is 0.514. The Labute approximate surface area is 187 Å². The first-order valence-corrected chi connectivity index (χ1v) is 10.7. The van der Waals surface area contributed by atoms with E-state index in [-0.39, 0.29) is 42.0 Å². The number of carbonyl (C=O) groups excluding carboxylic acids is 1. The van der Waals surface area contributed by atoms with Gasteiger partial charge in [0.05, 0.1) is 23.7 Å². The number of aromatic nitrogens is 2. The molecule has 1 aliphatic heterocycles. The van der Waals surface area contributed by atoms with Gasteiger partial charge in [0.15, 0.2) is 0 Å². The van der Waals surface area contributed by atoms with E-state index in [2.05, 4.69) is 15.3 Å². The summed E-state index contributed by atoms with van der Waals surface area (Å²) in [6.45, 7) is 10.8. The summed E-state index contributed by atoms with van der Waals surface area (Å²) >= 11 is 0. The van der Waals surface area contributed by atoms with Gasteiger partial charge in [0.25, 0.3) is 0 Å². The Hall–Kier alpha value is -3.27. The lowest BCUT2D eigenvalue weighted by atomic mass is 10.1. The molecule has 1 aromatic heterocycles. The van der Waals surface area contributed by atoms with Gasteiger partial charge in [0, 0.05) is 25.3 Å². The molecule has 1 N–H and O–H groups in total. The molecule has 0 aliphatic carbocycles. The lowest BCUT2D eigenvalue weighted by Gasteiger charge is -2.36. The van der Waals surface area contributed by atoms with E-state index in [1.165, 1.54) is 6.33 Å². The maximum Gasteiger partial charge on any atom is 0.353 e. The molecular formula is C22H30N6O4. The molecule has 10 nitrogen and oxygen atoms in total. The third-order valence-electron chi connectivity index (χ3n) is 5.45. The van der Waals surface area contributed by atoms with Crippen molar-refractivity contribution in [2.45, 2.75) is 46.8 Å². The van der Waals surface area contributed by atoms with Gasteiger partial charge in [0.1, 0.15) is 6.33 Å². The lowest BCUT2D eigenvalue weighted by molar-refractivity contribution is -0.383. The van der Waals surface area contributed by atoms with Crippen molar-refractivity contribution in [2.75, 3.05) is 41.3 Å². The van der Waals surface area contributed by atoms with Crippen LogP contribution in [0.4, 0.5) is 23.0 Å². The highest BCUT2D eigenvalue weighted by molar-refractivity contribution is 5.95. The van der Waals surface area contributed by atoms with Crippen LogP contribution in [-0.2, 0) is 9.53 Å².